The largest absolute Gasteiger partial charge is 0.345 e. The molecule has 0 radical (unpaired) electrons. The highest BCUT2D eigenvalue weighted by Crippen LogP contribution is 2.21. The summed E-state index contributed by atoms with van der Waals surface area (Å²) >= 11 is 0. The molecule has 0 saturated heterocycles. The zero-order valence-electron chi connectivity index (χ0n) is 7.81. The second kappa shape index (κ2) is 7.07. The lowest BCUT2D eigenvalue weighted by molar-refractivity contribution is -0.180. The SMILES string of the molecule is CC(=O)OF.CC1CCCCC1. The van der Waals surface area contributed by atoms with Gasteiger partial charge in [-0.1, -0.05) is 39.0 Å². The second-order valence-corrected chi connectivity index (χ2v) is 3.31. The molecule has 0 heterocycles. The first kappa shape index (κ1) is 11.4. The summed E-state index contributed by atoms with van der Waals surface area (Å²) in [5, 5.41) is 0. The van der Waals surface area contributed by atoms with Gasteiger partial charge in [-0.2, -0.15) is 0 Å². The molecule has 0 aromatic heterocycles. The fourth-order valence-electron chi connectivity index (χ4n) is 1.31. The molecule has 0 unspecified atom stereocenters. The van der Waals surface area contributed by atoms with Gasteiger partial charge in [0.2, 0.25) is 0 Å². The lowest BCUT2D eigenvalue weighted by Crippen LogP contribution is -1.99. The van der Waals surface area contributed by atoms with Crippen molar-refractivity contribution < 1.29 is 14.3 Å². The highest BCUT2D eigenvalue weighted by molar-refractivity contribution is 5.64. The van der Waals surface area contributed by atoms with Crippen molar-refractivity contribution in [2.45, 2.75) is 46.0 Å². The van der Waals surface area contributed by atoms with Gasteiger partial charge in [-0.3, -0.25) is 4.94 Å². The highest BCUT2D eigenvalue weighted by Gasteiger charge is 2.05. The molecule has 0 aromatic rings. The van der Waals surface area contributed by atoms with Crippen molar-refractivity contribution in [2.75, 3.05) is 0 Å². The summed E-state index contributed by atoms with van der Waals surface area (Å²) in [5.41, 5.74) is 0. The van der Waals surface area contributed by atoms with Crippen LogP contribution < -0.4 is 0 Å². The zero-order valence-corrected chi connectivity index (χ0v) is 7.81. The molecule has 12 heavy (non-hydrogen) atoms. The maximum atomic E-state index is 10.3. The van der Waals surface area contributed by atoms with Crippen molar-refractivity contribution in [1.29, 1.82) is 0 Å². The molecule has 0 spiro atoms. The van der Waals surface area contributed by atoms with E-state index in [1.807, 2.05) is 0 Å². The van der Waals surface area contributed by atoms with Gasteiger partial charge >= 0.3 is 5.97 Å². The molecular formula is C9H17FO2. The third-order valence-corrected chi connectivity index (χ3v) is 2.00. The quantitative estimate of drug-likeness (QED) is 0.567. The van der Waals surface area contributed by atoms with E-state index in [4.69, 9.17) is 0 Å². The summed E-state index contributed by atoms with van der Waals surface area (Å²) in [6.45, 7) is 3.35. The van der Waals surface area contributed by atoms with E-state index in [1.54, 1.807) is 0 Å². The van der Waals surface area contributed by atoms with Crippen molar-refractivity contribution >= 4 is 5.97 Å². The van der Waals surface area contributed by atoms with Crippen LogP contribution in [-0.2, 0) is 9.74 Å². The van der Waals surface area contributed by atoms with Gasteiger partial charge in [0.1, 0.15) is 0 Å². The fraction of sp³-hybridized carbons (Fsp3) is 0.889. The van der Waals surface area contributed by atoms with Gasteiger partial charge in [0.05, 0.1) is 0 Å². The molecule has 1 saturated carbocycles. The van der Waals surface area contributed by atoms with Gasteiger partial charge in [-0.15, -0.1) is 0 Å². The number of halogens is 1. The Balaban J connectivity index is 0.000000217. The van der Waals surface area contributed by atoms with E-state index >= 15 is 0 Å². The lowest BCUT2D eigenvalue weighted by Gasteiger charge is -2.15. The normalized spacial score (nSPS) is 17.6. The highest BCUT2D eigenvalue weighted by atomic mass is 19.3. The Kier molecular flexibility index (Phi) is 6.72. The Morgan fingerprint density at radius 1 is 1.33 bits per heavy atom. The van der Waals surface area contributed by atoms with Gasteiger partial charge in [-0.25, -0.2) is 4.79 Å². The van der Waals surface area contributed by atoms with E-state index in [2.05, 4.69) is 11.9 Å². The smallest absolute Gasteiger partial charge is 0.255 e. The average molecular weight is 176 g/mol. The Morgan fingerprint density at radius 3 is 1.92 bits per heavy atom. The standard InChI is InChI=1S/C7H14.C2H3FO2/c1-7-5-3-2-4-6-7;1-2(4)5-3/h7H,2-6H2,1H3;1H3. The average Bonchev–Trinajstić information content (AvgIpc) is 2.07. The number of carbonyl (C=O) groups is 1. The molecule has 0 aliphatic heterocycles. The molecule has 1 fully saturated rings. The van der Waals surface area contributed by atoms with Crippen molar-refractivity contribution in [3.8, 4) is 0 Å². The van der Waals surface area contributed by atoms with E-state index in [-0.39, 0.29) is 0 Å². The van der Waals surface area contributed by atoms with Crippen LogP contribution in [0.3, 0.4) is 0 Å². The zero-order chi connectivity index (χ0) is 9.40. The molecule has 0 atom stereocenters. The van der Waals surface area contributed by atoms with Gasteiger partial charge in [0.25, 0.3) is 0 Å². The molecular weight excluding hydrogens is 159 g/mol. The topological polar surface area (TPSA) is 26.3 Å². The third kappa shape index (κ3) is 7.51. The van der Waals surface area contributed by atoms with Crippen LogP contribution in [-0.4, -0.2) is 5.97 Å². The molecule has 0 N–H and O–H groups in total. The van der Waals surface area contributed by atoms with E-state index in [0.29, 0.717) is 0 Å². The van der Waals surface area contributed by atoms with Gasteiger partial charge in [0, 0.05) is 11.4 Å². The molecule has 0 amide bonds. The lowest BCUT2D eigenvalue weighted by atomic mass is 9.91. The summed E-state index contributed by atoms with van der Waals surface area (Å²) in [5.74, 6) is 0.124. The number of rotatable bonds is 0. The minimum absolute atomic E-state index is 0.912. The molecule has 2 nitrogen and oxygen atoms in total. The molecule has 0 aromatic carbocycles. The van der Waals surface area contributed by atoms with Crippen molar-refractivity contribution in [3.63, 3.8) is 0 Å². The maximum absolute atomic E-state index is 10.3. The van der Waals surface area contributed by atoms with Crippen LogP contribution in [0.4, 0.5) is 4.53 Å². The Morgan fingerprint density at radius 2 is 1.75 bits per heavy atom. The minimum atomic E-state index is -0.912. The minimum Gasteiger partial charge on any atom is -0.255 e. The summed E-state index contributed by atoms with van der Waals surface area (Å²) in [6, 6.07) is 0. The fourth-order valence-corrected chi connectivity index (χ4v) is 1.31. The molecule has 72 valence electrons. The van der Waals surface area contributed by atoms with Crippen molar-refractivity contribution in [1.82, 2.24) is 0 Å². The first-order valence-electron chi connectivity index (χ1n) is 4.46. The maximum Gasteiger partial charge on any atom is 0.345 e. The Bertz CT molecular complexity index is 120. The van der Waals surface area contributed by atoms with Crippen LogP contribution in [0.25, 0.3) is 0 Å². The van der Waals surface area contributed by atoms with Gasteiger partial charge in [0.15, 0.2) is 0 Å². The second-order valence-electron chi connectivity index (χ2n) is 3.31. The van der Waals surface area contributed by atoms with Crippen LogP contribution in [0, 0.1) is 5.92 Å². The predicted molar refractivity (Wildman–Crippen MR) is 45.1 cm³/mol. The summed E-state index contributed by atoms with van der Waals surface area (Å²) in [6.07, 6.45) is 7.44. The number of hydrogen-bond donors (Lipinski definition) is 0. The summed E-state index contributed by atoms with van der Waals surface area (Å²) in [7, 11) is 0. The monoisotopic (exact) mass is 176 g/mol. The molecule has 1 aliphatic carbocycles. The van der Waals surface area contributed by atoms with E-state index in [0.717, 1.165) is 12.8 Å². The van der Waals surface area contributed by atoms with Crippen LogP contribution in [0.1, 0.15) is 46.0 Å². The van der Waals surface area contributed by atoms with E-state index in [1.165, 1.54) is 32.1 Å². The third-order valence-electron chi connectivity index (χ3n) is 2.00. The van der Waals surface area contributed by atoms with Crippen LogP contribution in [0.2, 0.25) is 0 Å². The van der Waals surface area contributed by atoms with Crippen molar-refractivity contribution in [2.24, 2.45) is 5.92 Å². The van der Waals surface area contributed by atoms with Crippen LogP contribution >= 0.6 is 0 Å². The number of carbonyl (C=O) groups excluding carboxylic acids is 1. The van der Waals surface area contributed by atoms with Gasteiger partial charge in [-0.05, 0) is 5.92 Å². The Hall–Kier alpha value is -0.600. The number of hydrogen-bond acceptors (Lipinski definition) is 2. The summed E-state index contributed by atoms with van der Waals surface area (Å²) < 4.78 is 10.3. The van der Waals surface area contributed by atoms with E-state index < -0.39 is 5.97 Å². The van der Waals surface area contributed by atoms with Crippen LogP contribution in [0.5, 0.6) is 0 Å². The molecule has 0 bridgehead atoms. The first-order chi connectivity index (χ1) is 5.66. The van der Waals surface area contributed by atoms with Crippen LogP contribution in [0.15, 0.2) is 0 Å². The molecule has 1 rings (SSSR count). The van der Waals surface area contributed by atoms with Gasteiger partial charge < -0.3 is 0 Å². The molecule has 1 aliphatic rings. The Labute approximate surface area is 73.0 Å². The van der Waals surface area contributed by atoms with E-state index in [9.17, 15) is 9.32 Å². The summed E-state index contributed by atoms with van der Waals surface area (Å²) in [4.78, 5) is 11.8. The first-order valence-corrected chi connectivity index (χ1v) is 4.46. The van der Waals surface area contributed by atoms with Crippen molar-refractivity contribution in [3.05, 3.63) is 0 Å². The molecule has 3 heteroatoms. The predicted octanol–water partition coefficient (Wildman–Crippen LogP) is 3.02.